The zero-order chi connectivity index (χ0) is 21.7. The van der Waals surface area contributed by atoms with E-state index in [1.807, 2.05) is 6.92 Å². The van der Waals surface area contributed by atoms with Crippen LogP contribution in [0.4, 0.5) is 0 Å². The summed E-state index contributed by atoms with van der Waals surface area (Å²) in [6, 6.07) is 11.0. The molecule has 3 aromatic rings. The molecule has 0 amide bonds. The largest absolute Gasteiger partial charge is 0.497 e. The number of sulfonamides is 1. The van der Waals surface area contributed by atoms with Gasteiger partial charge in [0.2, 0.25) is 10.0 Å². The lowest BCUT2D eigenvalue weighted by atomic mass is 10.2. The first-order chi connectivity index (χ1) is 14.3. The monoisotopic (exact) mass is 434 g/mol. The number of nitrogens with one attached hydrogen (secondary N) is 1. The molecule has 0 fully saturated rings. The van der Waals surface area contributed by atoms with Crippen LogP contribution in [0.1, 0.15) is 18.9 Å². The molecule has 10 heteroatoms. The fourth-order valence-electron chi connectivity index (χ4n) is 2.76. The van der Waals surface area contributed by atoms with Crippen LogP contribution in [0.15, 0.2) is 56.6 Å². The van der Waals surface area contributed by atoms with Gasteiger partial charge >= 0.3 is 11.7 Å². The highest BCUT2D eigenvalue weighted by atomic mass is 32.2. The second kappa shape index (κ2) is 9.14. The van der Waals surface area contributed by atoms with Crippen molar-refractivity contribution in [1.82, 2.24) is 9.29 Å². The van der Waals surface area contributed by atoms with Gasteiger partial charge < -0.3 is 13.9 Å². The molecule has 2 aromatic carbocycles. The van der Waals surface area contributed by atoms with E-state index in [-0.39, 0.29) is 30.2 Å². The van der Waals surface area contributed by atoms with Gasteiger partial charge in [0.05, 0.1) is 24.1 Å². The lowest BCUT2D eigenvalue weighted by Crippen LogP contribution is -2.23. The first-order valence-electron chi connectivity index (χ1n) is 9.25. The number of aromatic nitrogens is 1. The molecule has 0 aliphatic heterocycles. The zero-order valence-electron chi connectivity index (χ0n) is 16.6. The van der Waals surface area contributed by atoms with Gasteiger partial charge in [-0.2, -0.15) is 0 Å². The lowest BCUT2D eigenvalue weighted by molar-refractivity contribution is -0.144. The molecular formula is C20H22N2O7S. The Morgan fingerprint density at radius 2 is 1.90 bits per heavy atom. The van der Waals surface area contributed by atoms with Crippen LogP contribution in [-0.4, -0.2) is 32.7 Å². The second-order valence-electron chi connectivity index (χ2n) is 6.48. The number of nitrogens with zero attached hydrogens (tertiary/aromatic N) is 1. The van der Waals surface area contributed by atoms with E-state index < -0.39 is 21.7 Å². The number of oxazole rings is 1. The first kappa shape index (κ1) is 21.6. The molecule has 0 aliphatic carbocycles. The van der Waals surface area contributed by atoms with Crippen LogP contribution in [0.2, 0.25) is 0 Å². The molecule has 160 valence electrons. The number of fused-ring (bicyclic) bond motifs is 1. The minimum Gasteiger partial charge on any atom is -0.497 e. The van der Waals surface area contributed by atoms with Crippen molar-refractivity contribution in [3.05, 3.63) is 58.6 Å². The normalized spacial score (nSPS) is 11.5. The van der Waals surface area contributed by atoms with Gasteiger partial charge in [-0.25, -0.2) is 17.9 Å². The Hall–Kier alpha value is -3.11. The van der Waals surface area contributed by atoms with E-state index in [1.54, 1.807) is 31.4 Å². The van der Waals surface area contributed by atoms with Gasteiger partial charge in [0.1, 0.15) is 12.3 Å². The fourth-order valence-corrected chi connectivity index (χ4v) is 3.79. The van der Waals surface area contributed by atoms with E-state index in [2.05, 4.69) is 4.72 Å². The van der Waals surface area contributed by atoms with Crippen molar-refractivity contribution >= 4 is 27.1 Å². The van der Waals surface area contributed by atoms with Crippen molar-refractivity contribution in [2.45, 2.75) is 31.3 Å². The van der Waals surface area contributed by atoms with Crippen LogP contribution < -0.4 is 15.2 Å². The summed E-state index contributed by atoms with van der Waals surface area (Å²) >= 11 is 0. The molecule has 1 N–H and O–H groups in total. The van der Waals surface area contributed by atoms with E-state index in [9.17, 15) is 18.0 Å². The quantitative estimate of drug-likeness (QED) is 0.512. The fraction of sp³-hybridized carbons (Fsp3) is 0.300. The van der Waals surface area contributed by atoms with Crippen LogP contribution in [0.25, 0.3) is 11.1 Å². The van der Waals surface area contributed by atoms with Gasteiger partial charge in [-0.3, -0.25) is 9.36 Å². The molecule has 0 spiro atoms. The van der Waals surface area contributed by atoms with Crippen molar-refractivity contribution < 1.29 is 27.1 Å². The number of carbonyl (C=O) groups excluding carboxylic acids is 1. The lowest BCUT2D eigenvalue weighted by Gasteiger charge is -2.08. The maximum Gasteiger partial charge on any atom is 0.420 e. The van der Waals surface area contributed by atoms with Crippen molar-refractivity contribution in [3.8, 4) is 5.75 Å². The van der Waals surface area contributed by atoms with Crippen molar-refractivity contribution in [3.63, 3.8) is 0 Å². The predicted molar refractivity (Wildman–Crippen MR) is 109 cm³/mol. The van der Waals surface area contributed by atoms with Crippen LogP contribution in [-0.2, 0) is 32.6 Å². The van der Waals surface area contributed by atoms with Gasteiger partial charge in [0.15, 0.2) is 5.58 Å². The van der Waals surface area contributed by atoms with E-state index >= 15 is 0 Å². The first-order valence-corrected chi connectivity index (χ1v) is 10.7. The van der Waals surface area contributed by atoms with Crippen LogP contribution in [0.3, 0.4) is 0 Å². The topological polar surface area (TPSA) is 117 Å². The second-order valence-corrected chi connectivity index (χ2v) is 8.24. The highest BCUT2D eigenvalue weighted by Crippen LogP contribution is 2.19. The maximum absolute atomic E-state index is 12.6. The average molecular weight is 434 g/mol. The number of esters is 1. The van der Waals surface area contributed by atoms with Crippen molar-refractivity contribution in [1.29, 1.82) is 0 Å². The molecule has 1 heterocycles. The molecular weight excluding hydrogens is 412 g/mol. The van der Waals surface area contributed by atoms with E-state index in [4.69, 9.17) is 13.9 Å². The Morgan fingerprint density at radius 1 is 1.17 bits per heavy atom. The molecule has 0 aliphatic rings. The summed E-state index contributed by atoms with van der Waals surface area (Å²) in [7, 11) is -2.30. The van der Waals surface area contributed by atoms with Crippen LogP contribution in [0.5, 0.6) is 5.75 Å². The average Bonchev–Trinajstić information content (AvgIpc) is 3.05. The van der Waals surface area contributed by atoms with E-state index in [0.717, 1.165) is 10.1 Å². The number of benzene rings is 2. The molecule has 0 bridgehead atoms. The Balaban J connectivity index is 1.78. The molecule has 3 rings (SSSR count). The zero-order valence-corrected chi connectivity index (χ0v) is 17.4. The number of rotatable bonds is 9. The third-order valence-corrected chi connectivity index (χ3v) is 5.73. The van der Waals surface area contributed by atoms with Crippen LogP contribution in [0, 0.1) is 0 Å². The van der Waals surface area contributed by atoms with Crippen molar-refractivity contribution in [2.24, 2.45) is 0 Å². The molecule has 0 saturated carbocycles. The van der Waals surface area contributed by atoms with Gasteiger partial charge in [-0.1, -0.05) is 19.1 Å². The summed E-state index contributed by atoms with van der Waals surface area (Å²) in [5.41, 5.74) is 1.13. The highest BCUT2D eigenvalue weighted by Gasteiger charge is 2.19. The molecule has 1 aromatic heterocycles. The molecule has 30 heavy (non-hydrogen) atoms. The number of carbonyl (C=O) groups is 1. The maximum atomic E-state index is 12.6. The summed E-state index contributed by atoms with van der Waals surface area (Å²) in [5.74, 6) is -0.663. The molecule has 9 nitrogen and oxygen atoms in total. The standard InChI is InChI=1S/C20H22N2O7S/c1-3-10-28-19(23)13-22-17-9-8-16(11-18(17)29-20(22)24)30(25,26)21-12-14-4-6-15(27-2)7-5-14/h4-9,11,21H,3,10,12-13H2,1-2H3. The SMILES string of the molecule is CCCOC(=O)Cn1c(=O)oc2cc(S(=O)(=O)NCc3ccc(OC)cc3)ccc21. The number of ether oxygens (including phenoxy) is 2. The molecule has 0 radical (unpaired) electrons. The predicted octanol–water partition coefficient (Wildman–Crippen LogP) is 2.03. The summed E-state index contributed by atoms with van der Waals surface area (Å²) in [6.07, 6.45) is 0.664. The third-order valence-electron chi connectivity index (χ3n) is 4.33. The molecule has 0 unspecified atom stereocenters. The number of hydrogen-bond donors (Lipinski definition) is 1. The number of methoxy groups -OCH3 is 1. The molecule has 0 atom stereocenters. The Labute approximate surface area is 173 Å². The summed E-state index contributed by atoms with van der Waals surface area (Å²) in [5, 5.41) is 0. The van der Waals surface area contributed by atoms with E-state index in [1.165, 1.54) is 18.2 Å². The summed E-state index contributed by atoms with van der Waals surface area (Å²) in [6.45, 7) is 1.88. The Morgan fingerprint density at radius 3 is 2.57 bits per heavy atom. The minimum atomic E-state index is -3.85. The Bertz CT molecular complexity index is 1190. The van der Waals surface area contributed by atoms with Crippen LogP contribution >= 0.6 is 0 Å². The smallest absolute Gasteiger partial charge is 0.420 e. The van der Waals surface area contributed by atoms with Crippen molar-refractivity contribution in [2.75, 3.05) is 13.7 Å². The van der Waals surface area contributed by atoms with E-state index in [0.29, 0.717) is 17.7 Å². The molecule has 0 saturated heterocycles. The summed E-state index contributed by atoms with van der Waals surface area (Å²) < 4.78 is 44.0. The van der Waals surface area contributed by atoms with Gasteiger partial charge in [-0.05, 0) is 36.2 Å². The highest BCUT2D eigenvalue weighted by molar-refractivity contribution is 7.89. The minimum absolute atomic E-state index is 0.0574. The third kappa shape index (κ3) is 4.89. The van der Waals surface area contributed by atoms with Gasteiger partial charge in [0.25, 0.3) is 0 Å². The Kier molecular flexibility index (Phi) is 6.58. The summed E-state index contributed by atoms with van der Waals surface area (Å²) in [4.78, 5) is 23.8. The number of hydrogen-bond acceptors (Lipinski definition) is 7. The van der Waals surface area contributed by atoms with Gasteiger partial charge in [0, 0.05) is 12.6 Å². The van der Waals surface area contributed by atoms with Gasteiger partial charge in [-0.15, -0.1) is 0 Å².